The van der Waals surface area contributed by atoms with Crippen LogP contribution in [0.15, 0.2) is 36.4 Å². The molecule has 0 unspecified atom stereocenters. The first-order valence-corrected chi connectivity index (χ1v) is 8.12. The van der Waals surface area contributed by atoms with Gasteiger partial charge in [0.2, 0.25) is 0 Å². The number of anilines is 1. The molecule has 6 heteroatoms. The number of ether oxygens (including phenoxy) is 1. The largest absolute Gasteiger partial charge is 0.497 e. The number of halogens is 2. The fourth-order valence-corrected chi connectivity index (χ4v) is 2.85. The highest BCUT2D eigenvalue weighted by Crippen LogP contribution is 2.34. The minimum absolute atomic E-state index is 0. The monoisotopic (exact) mass is 365 g/mol. The maximum absolute atomic E-state index is 6.14. The van der Waals surface area contributed by atoms with Crippen molar-refractivity contribution in [2.75, 3.05) is 25.6 Å². The molecule has 0 atom stereocenters. The van der Waals surface area contributed by atoms with Crippen LogP contribution in [0.2, 0.25) is 5.02 Å². The van der Waals surface area contributed by atoms with Crippen LogP contribution in [0, 0.1) is 0 Å². The van der Waals surface area contributed by atoms with E-state index in [1.807, 2.05) is 36.4 Å². The van der Waals surface area contributed by atoms with E-state index in [0.29, 0.717) is 5.02 Å². The van der Waals surface area contributed by atoms with Crippen LogP contribution in [-0.4, -0.2) is 30.2 Å². The highest BCUT2D eigenvalue weighted by molar-refractivity contribution is 6.31. The fourth-order valence-electron chi connectivity index (χ4n) is 2.68. The predicted molar refractivity (Wildman–Crippen MR) is 105 cm³/mol. The molecule has 1 aromatic heterocycles. The van der Waals surface area contributed by atoms with Crippen molar-refractivity contribution in [1.29, 1.82) is 0 Å². The Hall–Kier alpha value is -1.75. The van der Waals surface area contributed by atoms with E-state index in [1.165, 1.54) is 0 Å². The summed E-state index contributed by atoms with van der Waals surface area (Å²) in [4.78, 5) is 4.74. The lowest BCUT2D eigenvalue weighted by atomic mass is 10.1. The van der Waals surface area contributed by atoms with Crippen LogP contribution < -0.4 is 10.2 Å². The average molecular weight is 366 g/mol. The standard InChI is InChI=1S/C18H20ClN3O.ClH/c1-4-22(5-2)21-18-14-8-6-12(19)10-17(14)20-16-9-7-13(23-3)11-15(16)18;/h6-11H,4-5H2,1-3H3,(H,20,21);1H. The molecule has 0 saturated carbocycles. The topological polar surface area (TPSA) is 37.4 Å². The number of methoxy groups -OCH3 is 1. The fraction of sp³-hybridized carbons (Fsp3) is 0.278. The minimum atomic E-state index is 0. The first kappa shape index (κ1) is 18.6. The number of hydrogen-bond donors (Lipinski definition) is 1. The summed E-state index contributed by atoms with van der Waals surface area (Å²) in [5.74, 6) is 0.815. The van der Waals surface area contributed by atoms with E-state index in [4.69, 9.17) is 21.3 Å². The van der Waals surface area contributed by atoms with Crippen molar-refractivity contribution in [2.24, 2.45) is 0 Å². The molecule has 0 aliphatic carbocycles. The molecule has 0 amide bonds. The Labute approximate surface area is 153 Å². The van der Waals surface area contributed by atoms with Gasteiger partial charge in [-0.15, -0.1) is 12.4 Å². The zero-order valence-corrected chi connectivity index (χ0v) is 15.5. The Morgan fingerprint density at radius 2 is 1.79 bits per heavy atom. The third-order valence-electron chi connectivity index (χ3n) is 3.98. The Kier molecular flexibility index (Phi) is 6.10. The van der Waals surface area contributed by atoms with Crippen LogP contribution in [0.1, 0.15) is 13.8 Å². The van der Waals surface area contributed by atoms with E-state index < -0.39 is 0 Å². The van der Waals surface area contributed by atoms with Crippen LogP contribution in [0.5, 0.6) is 5.75 Å². The first-order valence-electron chi connectivity index (χ1n) is 7.74. The Morgan fingerprint density at radius 1 is 1.04 bits per heavy atom. The van der Waals surface area contributed by atoms with Crippen LogP contribution in [0.4, 0.5) is 5.69 Å². The number of hydrogen-bond acceptors (Lipinski definition) is 4. The van der Waals surface area contributed by atoms with E-state index >= 15 is 0 Å². The van der Waals surface area contributed by atoms with Gasteiger partial charge in [-0.1, -0.05) is 25.4 Å². The molecule has 1 heterocycles. The molecule has 0 saturated heterocycles. The highest BCUT2D eigenvalue weighted by atomic mass is 35.5. The van der Waals surface area contributed by atoms with E-state index in [0.717, 1.165) is 46.3 Å². The molecule has 3 aromatic rings. The molecular weight excluding hydrogens is 345 g/mol. The van der Waals surface area contributed by atoms with E-state index in [1.54, 1.807) is 7.11 Å². The lowest BCUT2D eigenvalue weighted by Gasteiger charge is -2.23. The minimum Gasteiger partial charge on any atom is -0.497 e. The zero-order valence-electron chi connectivity index (χ0n) is 14.0. The van der Waals surface area contributed by atoms with Gasteiger partial charge in [0.25, 0.3) is 0 Å². The van der Waals surface area contributed by atoms with Crippen molar-refractivity contribution in [1.82, 2.24) is 9.99 Å². The van der Waals surface area contributed by atoms with Gasteiger partial charge in [0.15, 0.2) is 0 Å². The molecule has 0 aliphatic heterocycles. The second kappa shape index (κ2) is 7.88. The number of nitrogens with zero attached hydrogens (tertiary/aromatic N) is 2. The van der Waals surface area contributed by atoms with Gasteiger partial charge in [-0.3, -0.25) is 0 Å². The molecule has 0 spiro atoms. The number of fused-ring (bicyclic) bond motifs is 2. The average Bonchev–Trinajstić information content (AvgIpc) is 2.58. The molecule has 0 radical (unpaired) electrons. The third-order valence-corrected chi connectivity index (χ3v) is 4.21. The second-order valence-corrected chi connectivity index (χ2v) is 5.75. The predicted octanol–water partition coefficient (Wildman–Crippen LogP) is 5.14. The van der Waals surface area contributed by atoms with Crippen LogP contribution in [-0.2, 0) is 0 Å². The van der Waals surface area contributed by atoms with Crippen molar-refractivity contribution >= 4 is 51.5 Å². The Morgan fingerprint density at radius 3 is 2.46 bits per heavy atom. The Bertz CT molecular complexity index is 850. The van der Waals surface area contributed by atoms with Gasteiger partial charge in [-0.05, 0) is 36.4 Å². The smallest absolute Gasteiger partial charge is 0.119 e. The van der Waals surface area contributed by atoms with Crippen molar-refractivity contribution in [3.8, 4) is 5.75 Å². The normalized spacial score (nSPS) is 10.9. The first-order chi connectivity index (χ1) is 11.2. The number of aromatic nitrogens is 1. The highest BCUT2D eigenvalue weighted by Gasteiger charge is 2.12. The summed E-state index contributed by atoms with van der Waals surface area (Å²) >= 11 is 6.14. The van der Waals surface area contributed by atoms with Crippen molar-refractivity contribution < 1.29 is 4.74 Å². The molecule has 0 bridgehead atoms. The van der Waals surface area contributed by atoms with Gasteiger partial charge in [0.1, 0.15) is 5.75 Å². The van der Waals surface area contributed by atoms with Gasteiger partial charge in [-0.25, -0.2) is 9.99 Å². The van der Waals surface area contributed by atoms with Gasteiger partial charge >= 0.3 is 0 Å². The third kappa shape index (κ3) is 3.51. The summed E-state index contributed by atoms with van der Waals surface area (Å²) in [6, 6.07) is 11.7. The molecule has 0 fully saturated rings. The van der Waals surface area contributed by atoms with Crippen molar-refractivity contribution in [3.63, 3.8) is 0 Å². The van der Waals surface area contributed by atoms with Crippen LogP contribution in [0.3, 0.4) is 0 Å². The van der Waals surface area contributed by atoms with E-state index in [-0.39, 0.29) is 12.4 Å². The maximum atomic E-state index is 6.14. The molecule has 2 aromatic carbocycles. The van der Waals surface area contributed by atoms with Crippen molar-refractivity contribution in [2.45, 2.75) is 13.8 Å². The van der Waals surface area contributed by atoms with E-state index in [2.05, 4.69) is 24.3 Å². The second-order valence-electron chi connectivity index (χ2n) is 5.32. The van der Waals surface area contributed by atoms with Gasteiger partial charge in [0, 0.05) is 28.9 Å². The summed E-state index contributed by atoms with van der Waals surface area (Å²) in [6.45, 7) is 6.05. The summed E-state index contributed by atoms with van der Waals surface area (Å²) in [5, 5.41) is 4.92. The molecule has 128 valence electrons. The zero-order chi connectivity index (χ0) is 16.4. The van der Waals surface area contributed by atoms with Crippen LogP contribution >= 0.6 is 24.0 Å². The summed E-state index contributed by atoms with van der Waals surface area (Å²) in [7, 11) is 1.67. The lowest BCUT2D eigenvalue weighted by Crippen LogP contribution is -2.29. The van der Waals surface area contributed by atoms with Gasteiger partial charge in [0.05, 0.1) is 23.8 Å². The number of nitrogens with one attached hydrogen (secondary N) is 1. The molecule has 0 aliphatic rings. The quantitative estimate of drug-likeness (QED) is 0.501. The molecule has 3 rings (SSSR count). The number of benzene rings is 2. The maximum Gasteiger partial charge on any atom is 0.119 e. The van der Waals surface area contributed by atoms with Gasteiger partial charge < -0.3 is 10.2 Å². The SMILES string of the molecule is CCN(CC)Nc1c2ccc(Cl)cc2nc2ccc(OC)cc12.Cl. The molecular formula is C18H21Cl2N3O. The number of rotatable bonds is 5. The molecule has 24 heavy (non-hydrogen) atoms. The molecule has 4 nitrogen and oxygen atoms in total. The summed E-state index contributed by atoms with van der Waals surface area (Å²) in [5.41, 5.74) is 6.35. The number of pyridine rings is 1. The van der Waals surface area contributed by atoms with Crippen LogP contribution in [0.25, 0.3) is 21.8 Å². The van der Waals surface area contributed by atoms with E-state index in [9.17, 15) is 0 Å². The lowest BCUT2D eigenvalue weighted by molar-refractivity contribution is 0.368. The summed E-state index contributed by atoms with van der Waals surface area (Å²) in [6.07, 6.45) is 0. The van der Waals surface area contributed by atoms with Crippen molar-refractivity contribution in [3.05, 3.63) is 41.4 Å². The molecule has 1 N–H and O–H groups in total. The number of hydrazine groups is 1. The van der Waals surface area contributed by atoms with Gasteiger partial charge in [-0.2, -0.15) is 0 Å². The Balaban J connectivity index is 0.00000208. The summed E-state index contributed by atoms with van der Waals surface area (Å²) < 4.78 is 5.38.